The molecule has 1 amide bonds. The van der Waals surface area contributed by atoms with Crippen molar-refractivity contribution >= 4 is 27.3 Å². The third kappa shape index (κ3) is 2.80. The number of hydrogen-bond donors (Lipinski definition) is 0. The van der Waals surface area contributed by atoms with E-state index in [4.69, 9.17) is 0 Å². The highest BCUT2D eigenvalue weighted by Crippen LogP contribution is 2.45. The molecule has 0 radical (unpaired) electrons. The molecule has 0 spiro atoms. The van der Waals surface area contributed by atoms with Crippen molar-refractivity contribution in [2.24, 2.45) is 5.92 Å². The Morgan fingerprint density at radius 2 is 1.79 bits per heavy atom. The molecular formula is C23H26N2O3S. The molecule has 0 saturated heterocycles. The van der Waals surface area contributed by atoms with E-state index in [0.717, 1.165) is 41.8 Å². The fourth-order valence-electron chi connectivity index (χ4n) is 4.78. The highest BCUT2D eigenvalue weighted by Gasteiger charge is 2.44. The first-order valence-corrected chi connectivity index (χ1v) is 11.7. The maximum Gasteiger partial charge on any atom is 0.264 e. The van der Waals surface area contributed by atoms with Crippen LogP contribution in [0.15, 0.2) is 47.4 Å². The van der Waals surface area contributed by atoms with Gasteiger partial charge in [0.15, 0.2) is 0 Å². The van der Waals surface area contributed by atoms with Crippen LogP contribution in [0.5, 0.6) is 0 Å². The molecule has 152 valence electrons. The molecule has 0 bridgehead atoms. The first kappa shape index (κ1) is 18.7. The van der Waals surface area contributed by atoms with Gasteiger partial charge in [-0.15, -0.1) is 0 Å². The Balaban J connectivity index is 1.57. The second kappa shape index (κ2) is 6.08. The Morgan fingerprint density at radius 1 is 1.07 bits per heavy atom. The first-order chi connectivity index (χ1) is 13.7. The molecule has 2 aliphatic heterocycles. The van der Waals surface area contributed by atoms with Crippen LogP contribution in [0, 0.1) is 5.92 Å². The molecule has 5 nitrogen and oxygen atoms in total. The number of carbonyl (C=O) groups is 1. The number of sulfonamides is 1. The van der Waals surface area contributed by atoms with Gasteiger partial charge in [-0.05, 0) is 61.6 Å². The van der Waals surface area contributed by atoms with E-state index in [1.807, 2.05) is 42.2 Å². The lowest BCUT2D eigenvalue weighted by atomic mass is 9.87. The Kier molecular flexibility index (Phi) is 3.92. The minimum atomic E-state index is -3.68. The van der Waals surface area contributed by atoms with E-state index in [1.54, 1.807) is 16.4 Å². The second-order valence-corrected chi connectivity index (χ2v) is 11.1. The van der Waals surface area contributed by atoms with Gasteiger partial charge in [0, 0.05) is 29.6 Å². The maximum absolute atomic E-state index is 13.6. The predicted octanol–water partition coefficient (Wildman–Crippen LogP) is 3.86. The maximum atomic E-state index is 13.6. The van der Waals surface area contributed by atoms with Gasteiger partial charge in [-0.2, -0.15) is 0 Å². The summed E-state index contributed by atoms with van der Waals surface area (Å²) in [4.78, 5) is 14.9. The van der Waals surface area contributed by atoms with Crippen LogP contribution in [-0.4, -0.2) is 26.9 Å². The number of benzene rings is 2. The van der Waals surface area contributed by atoms with E-state index in [9.17, 15) is 13.2 Å². The van der Waals surface area contributed by atoms with E-state index >= 15 is 0 Å². The molecule has 2 heterocycles. The number of hydrogen-bond acceptors (Lipinski definition) is 3. The van der Waals surface area contributed by atoms with Crippen molar-refractivity contribution in [1.29, 1.82) is 0 Å². The van der Waals surface area contributed by atoms with Crippen molar-refractivity contribution in [1.82, 2.24) is 0 Å². The van der Waals surface area contributed by atoms with E-state index in [0.29, 0.717) is 11.4 Å². The van der Waals surface area contributed by atoms with Gasteiger partial charge in [-0.3, -0.25) is 9.10 Å². The van der Waals surface area contributed by atoms with Gasteiger partial charge < -0.3 is 4.90 Å². The van der Waals surface area contributed by atoms with Gasteiger partial charge in [0.1, 0.15) is 0 Å². The smallest absolute Gasteiger partial charge is 0.264 e. The zero-order chi connectivity index (χ0) is 20.6. The molecule has 0 N–H and O–H groups in total. The molecule has 1 fully saturated rings. The SMILES string of the molecule is C[C@@H]1Cc2ccccc2N1S(=O)(=O)c1ccc2c(c1)C(C)(C)CN2C(=O)C1CC1. The van der Waals surface area contributed by atoms with Gasteiger partial charge in [0.2, 0.25) is 5.91 Å². The van der Waals surface area contributed by atoms with Crippen LogP contribution in [-0.2, 0) is 26.7 Å². The largest absolute Gasteiger partial charge is 0.311 e. The molecule has 6 heteroatoms. The Hall–Kier alpha value is -2.34. The molecule has 5 rings (SSSR count). The number of amides is 1. The van der Waals surface area contributed by atoms with E-state index in [2.05, 4.69) is 13.8 Å². The van der Waals surface area contributed by atoms with Crippen molar-refractivity contribution in [2.45, 2.75) is 56.4 Å². The second-order valence-electron chi connectivity index (χ2n) is 9.24. The molecule has 2 aromatic rings. The lowest BCUT2D eigenvalue weighted by molar-refractivity contribution is -0.119. The summed E-state index contributed by atoms with van der Waals surface area (Å²) in [6, 6.07) is 12.9. The monoisotopic (exact) mass is 410 g/mol. The molecule has 3 aliphatic rings. The molecule has 1 saturated carbocycles. The van der Waals surface area contributed by atoms with Crippen molar-refractivity contribution in [2.75, 3.05) is 15.7 Å². The van der Waals surface area contributed by atoms with Crippen molar-refractivity contribution < 1.29 is 13.2 Å². The summed E-state index contributed by atoms with van der Waals surface area (Å²) >= 11 is 0. The molecule has 0 aromatic heterocycles. The van der Waals surface area contributed by atoms with Crippen molar-refractivity contribution in [3.63, 3.8) is 0 Å². The fourth-order valence-corrected chi connectivity index (χ4v) is 6.50. The lowest BCUT2D eigenvalue weighted by Gasteiger charge is -2.25. The summed E-state index contributed by atoms with van der Waals surface area (Å²) in [5, 5.41) is 0. The summed E-state index contributed by atoms with van der Waals surface area (Å²) in [6.07, 6.45) is 2.64. The van der Waals surface area contributed by atoms with E-state index < -0.39 is 10.0 Å². The third-order valence-corrected chi connectivity index (χ3v) is 8.36. The van der Waals surface area contributed by atoms with Gasteiger partial charge in [-0.25, -0.2) is 8.42 Å². The lowest BCUT2D eigenvalue weighted by Crippen LogP contribution is -2.35. The zero-order valence-electron chi connectivity index (χ0n) is 17.1. The highest BCUT2D eigenvalue weighted by atomic mass is 32.2. The average molecular weight is 411 g/mol. The normalized spacial score (nSPS) is 22.5. The number of anilines is 2. The van der Waals surface area contributed by atoms with Gasteiger partial charge in [-0.1, -0.05) is 32.0 Å². The topological polar surface area (TPSA) is 57.7 Å². The van der Waals surface area contributed by atoms with Crippen LogP contribution in [0.4, 0.5) is 11.4 Å². The quantitative estimate of drug-likeness (QED) is 0.772. The predicted molar refractivity (Wildman–Crippen MR) is 114 cm³/mol. The van der Waals surface area contributed by atoms with Gasteiger partial charge in [0.05, 0.1) is 10.6 Å². The van der Waals surface area contributed by atoms with E-state index in [-0.39, 0.29) is 23.3 Å². The number of para-hydroxylation sites is 1. The highest BCUT2D eigenvalue weighted by molar-refractivity contribution is 7.92. The molecule has 29 heavy (non-hydrogen) atoms. The molecule has 1 aliphatic carbocycles. The van der Waals surface area contributed by atoms with Crippen LogP contribution in [0.1, 0.15) is 44.7 Å². The van der Waals surface area contributed by atoms with E-state index in [1.165, 1.54) is 0 Å². The van der Waals surface area contributed by atoms with Crippen LogP contribution in [0.3, 0.4) is 0 Å². The molecular weight excluding hydrogens is 384 g/mol. The van der Waals surface area contributed by atoms with Crippen LogP contribution in [0.2, 0.25) is 0 Å². The standard InChI is InChI=1S/C23H26N2O3S/c1-15-12-17-6-4-5-7-20(17)25(15)29(27,28)18-10-11-21-19(13-18)23(2,3)14-24(21)22(26)16-8-9-16/h4-7,10-11,13,15-16H,8-9,12,14H2,1-3H3/t15-/m1/s1. The van der Waals surface area contributed by atoms with Crippen LogP contribution in [0.25, 0.3) is 0 Å². The van der Waals surface area contributed by atoms with Gasteiger partial charge in [0.25, 0.3) is 10.0 Å². The molecule has 2 aromatic carbocycles. The summed E-state index contributed by atoms with van der Waals surface area (Å²) in [6.45, 7) is 6.71. The summed E-state index contributed by atoms with van der Waals surface area (Å²) in [5.41, 5.74) is 3.35. The van der Waals surface area contributed by atoms with Crippen LogP contribution >= 0.6 is 0 Å². The Labute approximate surface area is 172 Å². The number of carbonyl (C=O) groups excluding carboxylic acids is 1. The third-order valence-electron chi connectivity index (χ3n) is 6.44. The molecule has 1 atom stereocenters. The summed E-state index contributed by atoms with van der Waals surface area (Å²) in [5.74, 6) is 0.316. The summed E-state index contributed by atoms with van der Waals surface area (Å²) < 4.78 is 28.7. The average Bonchev–Trinajstić information content (AvgIpc) is 3.41. The number of nitrogens with zero attached hydrogens (tertiary/aromatic N) is 2. The minimum absolute atomic E-state index is 0.119. The molecule has 0 unspecified atom stereocenters. The van der Waals surface area contributed by atoms with Crippen molar-refractivity contribution in [3.05, 3.63) is 53.6 Å². The Bertz CT molecular complexity index is 1120. The number of rotatable bonds is 3. The first-order valence-electron chi connectivity index (χ1n) is 10.3. The minimum Gasteiger partial charge on any atom is -0.311 e. The fraction of sp³-hybridized carbons (Fsp3) is 0.435. The number of fused-ring (bicyclic) bond motifs is 2. The van der Waals surface area contributed by atoms with Gasteiger partial charge >= 0.3 is 0 Å². The van der Waals surface area contributed by atoms with Crippen LogP contribution < -0.4 is 9.21 Å². The zero-order valence-corrected chi connectivity index (χ0v) is 17.9. The summed E-state index contributed by atoms with van der Waals surface area (Å²) in [7, 11) is -3.68. The van der Waals surface area contributed by atoms with Crippen molar-refractivity contribution in [3.8, 4) is 0 Å². The Morgan fingerprint density at radius 3 is 2.52 bits per heavy atom.